The number of nitrogens with one attached hydrogen (secondary N) is 3. The summed E-state index contributed by atoms with van der Waals surface area (Å²) in [7, 11) is 0. The van der Waals surface area contributed by atoms with Crippen LogP contribution in [0.25, 0.3) is 11.3 Å². The van der Waals surface area contributed by atoms with E-state index in [2.05, 4.69) is 20.7 Å². The van der Waals surface area contributed by atoms with Gasteiger partial charge in [-0.05, 0) is 57.0 Å². The van der Waals surface area contributed by atoms with Gasteiger partial charge in [-0.1, -0.05) is 0 Å². The third-order valence-corrected chi connectivity index (χ3v) is 4.80. The van der Waals surface area contributed by atoms with E-state index < -0.39 is 29.6 Å². The summed E-state index contributed by atoms with van der Waals surface area (Å²) in [5, 5.41) is 6.73. The first-order chi connectivity index (χ1) is 13.1. The number of carbonyl (C=O) groups excluding carboxylic acids is 1. The second kappa shape index (κ2) is 7.47. The third-order valence-electron chi connectivity index (χ3n) is 3.98. The molecule has 11 heteroatoms. The van der Waals surface area contributed by atoms with Gasteiger partial charge in [-0.25, -0.2) is 4.39 Å². The summed E-state index contributed by atoms with van der Waals surface area (Å²) < 4.78 is 54.9. The van der Waals surface area contributed by atoms with Crippen molar-refractivity contribution in [2.45, 2.75) is 33.0 Å². The molecule has 1 aromatic heterocycles. The Morgan fingerprint density at radius 2 is 2.00 bits per heavy atom. The smallest absolute Gasteiger partial charge is 0.314 e. The quantitative estimate of drug-likeness (QED) is 0.521. The molecular formula is C17H17F4N5OS. The van der Waals surface area contributed by atoms with Crippen molar-refractivity contribution in [1.29, 1.82) is 0 Å². The Bertz CT molecular complexity index is 952. The van der Waals surface area contributed by atoms with Crippen molar-refractivity contribution >= 4 is 17.9 Å². The van der Waals surface area contributed by atoms with Gasteiger partial charge in [-0.3, -0.25) is 9.48 Å². The molecule has 0 fully saturated rings. The minimum atomic E-state index is -4.64. The highest BCUT2D eigenvalue weighted by atomic mass is 32.2. The van der Waals surface area contributed by atoms with Crippen molar-refractivity contribution in [3.63, 3.8) is 0 Å². The molecule has 1 amide bonds. The highest BCUT2D eigenvalue weighted by Gasteiger charge is 2.35. The molecule has 1 aromatic carbocycles. The standard InChI is InChI=1S/C17H17F4N5OS/c1-8(2)26-13(7-14(24-26)17(19,20)21)11-5-4-10(6-12(11)18)15(27)22-16-9(3)23-25-28-16/h4-8,23,25H,1-3H3,(H,22,27). The molecule has 3 N–H and O–H groups in total. The summed E-state index contributed by atoms with van der Waals surface area (Å²) in [5.41, 5.74) is 2.37. The van der Waals surface area contributed by atoms with E-state index in [-0.39, 0.29) is 16.8 Å². The summed E-state index contributed by atoms with van der Waals surface area (Å²) in [5.74, 6) is -1.35. The van der Waals surface area contributed by atoms with Crippen LogP contribution in [0.1, 0.15) is 42.9 Å². The number of alkyl halides is 3. The number of hydrazine groups is 1. The predicted molar refractivity (Wildman–Crippen MR) is 97.0 cm³/mol. The number of halogens is 4. The van der Waals surface area contributed by atoms with Crippen molar-refractivity contribution in [2.24, 2.45) is 0 Å². The summed E-state index contributed by atoms with van der Waals surface area (Å²) in [6.45, 7) is 5.04. The van der Waals surface area contributed by atoms with E-state index in [1.165, 1.54) is 12.1 Å². The van der Waals surface area contributed by atoms with Gasteiger partial charge in [0, 0.05) is 17.2 Å². The lowest BCUT2D eigenvalue weighted by Gasteiger charge is -2.12. The Kier molecular flexibility index (Phi) is 5.39. The molecule has 0 aliphatic carbocycles. The topological polar surface area (TPSA) is 71.0 Å². The SMILES string of the molecule is CC1=C(NC(=O)c2ccc(-c3cc(C(F)(F)F)nn3C(C)C)c(F)c2)SNN1. The molecule has 6 nitrogen and oxygen atoms in total. The summed E-state index contributed by atoms with van der Waals surface area (Å²) in [6, 6.07) is 4.02. The Morgan fingerprint density at radius 3 is 2.54 bits per heavy atom. The van der Waals surface area contributed by atoms with Crippen LogP contribution >= 0.6 is 11.9 Å². The minimum absolute atomic E-state index is 0.00918. The zero-order valence-electron chi connectivity index (χ0n) is 15.1. The monoisotopic (exact) mass is 415 g/mol. The molecule has 1 aliphatic heterocycles. The molecule has 0 saturated carbocycles. The van der Waals surface area contributed by atoms with Gasteiger partial charge in [-0.15, -0.1) is 0 Å². The first-order valence-electron chi connectivity index (χ1n) is 8.24. The largest absolute Gasteiger partial charge is 0.435 e. The maximum Gasteiger partial charge on any atom is 0.435 e. The van der Waals surface area contributed by atoms with Crippen LogP contribution in [0.15, 0.2) is 35.0 Å². The normalized spacial score (nSPS) is 14.6. The van der Waals surface area contributed by atoms with Gasteiger partial charge in [-0.2, -0.15) is 23.1 Å². The van der Waals surface area contributed by atoms with Crippen LogP contribution in [0.5, 0.6) is 0 Å². The van der Waals surface area contributed by atoms with E-state index in [1.54, 1.807) is 20.8 Å². The fraction of sp³-hybridized carbons (Fsp3) is 0.294. The summed E-state index contributed by atoms with van der Waals surface area (Å²) in [4.78, 5) is 15.1. The minimum Gasteiger partial charge on any atom is -0.314 e. The van der Waals surface area contributed by atoms with Gasteiger partial charge >= 0.3 is 6.18 Å². The Labute approximate surface area is 162 Å². The Hall–Kier alpha value is -2.53. The number of rotatable bonds is 4. The maximum absolute atomic E-state index is 14.7. The molecule has 28 heavy (non-hydrogen) atoms. The van der Waals surface area contributed by atoms with E-state index in [1.807, 2.05) is 0 Å². The van der Waals surface area contributed by atoms with Crippen molar-refractivity contribution in [1.82, 2.24) is 25.4 Å². The molecule has 0 unspecified atom stereocenters. The summed E-state index contributed by atoms with van der Waals surface area (Å²) >= 11 is 1.16. The van der Waals surface area contributed by atoms with Crippen LogP contribution in [0, 0.1) is 5.82 Å². The molecule has 2 aromatic rings. The number of aromatic nitrogens is 2. The number of amides is 1. The van der Waals surface area contributed by atoms with Crippen molar-refractivity contribution in [3.8, 4) is 11.3 Å². The molecule has 0 spiro atoms. The number of benzene rings is 1. The molecule has 0 atom stereocenters. The molecule has 0 radical (unpaired) electrons. The first-order valence-corrected chi connectivity index (χ1v) is 9.06. The van der Waals surface area contributed by atoms with Gasteiger partial charge < -0.3 is 10.7 Å². The van der Waals surface area contributed by atoms with Crippen molar-refractivity contribution < 1.29 is 22.4 Å². The van der Waals surface area contributed by atoms with Crippen molar-refractivity contribution in [2.75, 3.05) is 0 Å². The highest BCUT2D eigenvalue weighted by molar-refractivity contribution is 8.01. The summed E-state index contributed by atoms with van der Waals surface area (Å²) in [6.07, 6.45) is -4.64. The molecule has 3 rings (SSSR count). The van der Waals surface area contributed by atoms with Gasteiger partial charge in [0.05, 0.1) is 11.4 Å². The third kappa shape index (κ3) is 3.99. The first kappa shape index (κ1) is 20.2. The second-order valence-corrected chi connectivity index (χ2v) is 7.20. The van der Waals surface area contributed by atoms with Crippen LogP contribution in [0.2, 0.25) is 0 Å². The zero-order chi connectivity index (χ0) is 20.6. The van der Waals surface area contributed by atoms with Gasteiger partial charge in [0.15, 0.2) is 5.69 Å². The van der Waals surface area contributed by atoms with E-state index in [0.29, 0.717) is 10.7 Å². The Balaban J connectivity index is 1.94. The second-order valence-electron chi connectivity index (χ2n) is 6.38. The number of hydrogen-bond donors (Lipinski definition) is 3. The van der Waals surface area contributed by atoms with E-state index in [9.17, 15) is 22.4 Å². The molecule has 1 aliphatic rings. The van der Waals surface area contributed by atoms with E-state index in [4.69, 9.17) is 0 Å². The lowest BCUT2D eigenvalue weighted by Crippen LogP contribution is -2.22. The maximum atomic E-state index is 14.7. The molecule has 2 heterocycles. The number of carbonyl (C=O) groups is 1. The van der Waals surface area contributed by atoms with Gasteiger partial charge in [0.1, 0.15) is 10.8 Å². The van der Waals surface area contributed by atoms with Crippen LogP contribution in [-0.2, 0) is 6.18 Å². The fourth-order valence-electron chi connectivity index (χ4n) is 2.57. The van der Waals surface area contributed by atoms with Gasteiger partial charge in [0.2, 0.25) is 0 Å². The molecular weight excluding hydrogens is 398 g/mol. The van der Waals surface area contributed by atoms with E-state index >= 15 is 0 Å². The van der Waals surface area contributed by atoms with Crippen molar-refractivity contribution in [3.05, 3.63) is 52.1 Å². The van der Waals surface area contributed by atoms with Crippen LogP contribution in [-0.4, -0.2) is 15.7 Å². The van der Waals surface area contributed by atoms with E-state index in [0.717, 1.165) is 28.8 Å². The number of nitrogens with zero attached hydrogens (tertiary/aromatic N) is 2. The predicted octanol–water partition coefficient (Wildman–Crippen LogP) is 3.96. The van der Waals surface area contributed by atoms with Crippen LogP contribution in [0.3, 0.4) is 0 Å². The van der Waals surface area contributed by atoms with Gasteiger partial charge in [0.25, 0.3) is 5.91 Å². The fourth-order valence-corrected chi connectivity index (χ4v) is 3.23. The van der Waals surface area contributed by atoms with Crippen LogP contribution < -0.4 is 15.6 Å². The molecule has 0 saturated heterocycles. The molecule has 0 bridgehead atoms. The Morgan fingerprint density at radius 1 is 1.29 bits per heavy atom. The highest BCUT2D eigenvalue weighted by Crippen LogP contribution is 2.34. The lowest BCUT2D eigenvalue weighted by atomic mass is 10.1. The average molecular weight is 415 g/mol. The average Bonchev–Trinajstić information content (AvgIpc) is 3.21. The van der Waals surface area contributed by atoms with Crippen LogP contribution in [0.4, 0.5) is 17.6 Å². The number of allylic oxidation sites excluding steroid dienone is 1. The lowest BCUT2D eigenvalue weighted by molar-refractivity contribution is -0.141. The zero-order valence-corrected chi connectivity index (χ0v) is 15.9. The number of hydrogen-bond acceptors (Lipinski definition) is 5. The molecule has 150 valence electrons.